The van der Waals surface area contributed by atoms with Crippen LogP contribution in [0.15, 0.2) is 5.16 Å². The molecule has 3 fully saturated rings. The van der Waals surface area contributed by atoms with Gasteiger partial charge in [0.2, 0.25) is 0 Å². The van der Waals surface area contributed by atoms with E-state index in [2.05, 4.69) is 10.5 Å². The maximum Gasteiger partial charge on any atom is 0.169 e. The zero-order chi connectivity index (χ0) is 11.0. The fraction of sp³-hybridized carbons (Fsp3) is 0.909. The van der Waals surface area contributed by atoms with Crippen LogP contribution >= 0.6 is 0 Å². The maximum absolute atomic E-state index is 9.04. The van der Waals surface area contributed by atoms with Crippen molar-refractivity contribution in [3.63, 3.8) is 0 Å². The van der Waals surface area contributed by atoms with Gasteiger partial charge in [0.15, 0.2) is 5.79 Å². The smallest absolute Gasteiger partial charge is 0.169 e. The Kier molecular flexibility index (Phi) is 2.61. The SMILES string of the molecule is ON=C1CCNC2CCC3(CC12)OCCO3. The first-order chi connectivity index (χ1) is 7.83. The van der Waals surface area contributed by atoms with E-state index in [-0.39, 0.29) is 5.92 Å². The molecular formula is C11H18N2O3. The molecule has 3 rings (SSSR count). The van der Waals surface area contributed by atoms with Crippen LogP contribution in [0.3, 0.4) is 0 Å². The van der Waals surface area contributed by atoms with Gasteiger partial charge in [-0.25, -0.2) is 0 Å². The van der Waals surface area contributed by atoms with Gasteiger partial charge in [0.1, 0.15) is 0 Å². The van der Waals surface area contributed by atoms with E-state index in [1.165, 1.54) is 0 Å². The van der Waals surface area contributed by atoms with Crippen molar-refractivity contribution in [2.75, 3.05) is 19.8 Å². The lowest BCUT2D eigenvalue weighted by Crippen LogP contribution is -2.54. The number of hydrogen-bond acceptors (Lipinski definition) is 5. The van der Waals surface area contributed by atoms with Gasteiger partial charge in [-0.2, -0.15) is 0 Å². The van der Waals surface area contributed by atoms with Crippen LogP contribution < -0.4 is 5.32 Å². The van der Waals surface area contributed by atoms with Crippen molar-refractivity contribution >= 4 is 5.71 Å². The molecule has 2 unspecified atom stereocenters. The van der Waals surface area contributed by atoms with Crippen molar-refractivity contribution in [2.24, 2.45) is 11.1 Å². The predicted octanol–water partition coefficient (Wildman–Crippen LogP) is 0.722. The number of rotatable bonds is 0. The molecule has 0 aromatic rings. The lowest BCUT2D eigenvalue weighted by molar-refractivity contribution is -0.186. The third-order valence-electron chi connectivity index (χ3n) is 4.01. The first-order valence-electron chi connectivity index (χ1n) is 6.05. The van der Waals surface area contributed by atoms with Gasteiger partial charge in [0.05, 0.1) is 18.9 Å². The van der Waals surface area contributed by atoms with Gasteiger partial charge >= 0.3 is 0 Å². The molecule has 2 heterocycles. The highest BCUT2D eigenvalue weighted by molar-refractivity contribution is 5.88. The summed E-state index contributed by atoms with van der Waals surface area (Å²) >= 11 is 0. The van der Waals surface area contributed by atoms with Crippen molar-refractivity contribution in [1.29, 1.82) is 0 Å². The Labute approximate surface area is 94.8 Å². The molecule has 2 aliphatic heterocycles. The second-order valence-corrected chi connectivity index (χ2v) is 4.86. The molecule has 2 N–H and O–H groups in total. The van der Waals surface area contributed by atoms with E-state index in [1.54, 1.807) is 0 Å². The molecule has 3 aliphatic rings. The van der Waals surface area contributed by atoms with E-state index in [9.17, 15) is 0 Å². The largest absolute Gasteiger partial charge is 0.411 e. The molecule has 16 heavy (non-hydrogen) atoms. The monoisotopic (exact) mass is 226 g/mol. The Balaban J connectivity index is 1.79. The van der Waals surface area contributed by atoms with Crippen molar-refractivity contribution in [3.05, 3.63) is 0 Å². The summed E-state index contributed by atoms with van der Waals surface area (Å²) in [6.07, 6.45) is 3.63. The molecule has 0 aromatic heterocycles. The minimum Gasteiger partial charge on any atom is -0.411 e. The highest BCUT2D eigenvalue weighted by atomic mass is 16.7. The van der Waals surface area contributed by atoms with Crippen LogP contribution in [-0.4, -0.2) is 42.5 Å². The minimum absolute atomic E-state index is 0.269. The Morgan fingerprint density at radius 3 is 2.94 bits per heavy atom. The Morgan fingerprint density at radius 2 is 2.19 bits per heavy atom. The maximum atomic E-state index is 9.04. The van der Waals surface area contributed by atoms with E-state index < -0.39 is 5.79 Å². The normalized spacial score (nSPS) is 40.1. The van der Waals surface area contributed by atoms with Crippen LogP contribution in [0.5, 0.6) is 0 Å². The quantitative estimate of drug-likeness (QED) is 0.472. The van der Waals surface area contributed by atoms with E-state index in [0.717, 1.165) is 37.9 Å². The molecule has 0 radical (unpaired) electrons. The molecule has 0 amide bonds. The van der Waals surface area contributed by atoms with Gasteiger partial charge in [-0.05, 0) is 6.42 Å². The summed E-state index contributed by atoms with van der Waals surface area (Å²) in [6.45, 7) is 2.29. The van der Waals surface area contributed by atoms with Crippen LogP contribution in [0, 0.1) is 5.92 Å². The van der Waals surface area contributed by atoms with Crippen molar-refractivity contribution in [3.8, 4) is 0 Å². The van der Waals surface area contributed by atoms with Crippen LogP contribution in [0.2, 0.25) is 0 Å². The minimum atomic E-state index is -0.393. The number of fused-ring (bicyclic) bond motifs is 1. The molecule has 1 aliphatic carbocycles. The first-order valence-corrected chi connectivity index (χ1v) is 6.05. The molecule has 5 heteroatoms. The number of nitrogens with zero attached hydrogens (tertiary/aromatic N) is 1. The zero-order valence-corrected chi connectivity index (χ0v) is 9.32. The number of piperidine rings is 1. The number of nitrogens with one attached hydrogen (secondary N) is 1. The average molecular weight is 226 g/mol. The summed E-state index contributed by atoms with van der Waals surface area (Å²) in [5.74, 6) is -0.124. The van der Waals surface area contributed by atoms with Gasteiger partial charge in [-0.3, -0.25) is 0 Å². The van der Waals surface area contributed by atoms with E-state index in [4.69, 9.17) is 14.7 Å². The van der Waals surface area contributed by atoms with Crippen LogP contribution in [0.1, 0.15) is 25.7 Å². The second kappa shape index (κ2) is 3.98. The highest BCUT2D eigenvalue weighted by Crippen LogP contribution is 2.40. The van der Waals surface area contributed by atoms with Crippen LogP contribution in [0.25, 0.3) is 0 Å². The van der Waals surface area contributed by atoms with Crippen molar-refractivity contribution < 1.29 is 14.7 Å². The number of ether oxygens (including phenoxy) is 2. The summed E-state index contributed by atoms with van der Waals surface area (Å²) in [7, 11) is 0. The molecular weight excluding hydrogens is 208 g/mol. The third-order valence-corrected chi connectivity index (χ3v) is 4.01. The van der Waals surface area contributed by atoms with E-state index >= 15 is 0 Å². The average Bonchev–Trinajstić information content (AvgIpc) is 2.77. The van der Waals surface area contributed by atoms with E-state index in [1.807, 2.05) is 0 Å². The van der Waals surface area contributed by atoms with Crippen molar-refractivity contribution in [1.82, 2.24) is 5.32 Å². The lowest BCUT2D eigenvalue weighted by atomic mass is 9.75. The summed E-state index contributed by atoms with van der Waals surface area (Å²) in [4.78, 5) is 0. The molecule has 0 aromatic carbocycles. The Bertz CT molecular complexity index is 300. The molecule has 0 bridgehead atoms. The standard InChI is InChI=1S/C11H18N2O3/c14-13-10-2-4-12-9-1-3-11(7-8(9)10)15-5-6-16-11/h8-9,12,14H,1-7H2. The molecule has 2 saturated heterocycles. The summed E-state index contributed by atoms with van der Waals surface area (Å²) in [6, 6.07) is 0.429. The first kappa shape index (κ1) is 10.5. The van der Waals surface area contributed by atoms with Gasteiger partial charge in [-0.15, -0.1) is 0 Å². The molecule has 90 valence electrons. The summed E-state index contributed by atoms with van der Waals surface area (Å²) in [5, 5.41) is 16.0. The number of oxime groups is 1. The number of hydrogen-bond donors (Lipinski definition) is 2. The summed E-state index contributed by atoms with van der Waals surface area (Å²) in [5.41, 5.74) is 0.905. The second-order valence-electron chi connectivity index (χ2n) is 4.86. The van der Waals surface area contributed by atoms with Gasteiger partial charge in [0, 0.05) is 37.8 Å². The van der Waals surface area contributed by atoms with Crippen LogP contribution in [0.4, 0.5) is 0 Å². The zero-order valence-electron chi connectivity index (χ0n) is 9.32. The Hall–Kier alpha value is -0.650. The summed E-state index contributed by atoms with van der Waals surface area (Å²) < 4.78 is 11.5. The fourth-order valence-corrected chi connectivity index (χ4v) is 3.20. The lowest BCUT2D eigenvalue weighted by Gasteiger charge is -2.43. The highest BCUT2D eigenvalue weighted by Gasteiger charge is 2.47. The molecule has 5 nitrogen and oxygen atoms in total. The third kappa shape index (κ3) is 1.63. The molecule has 1 saturated carbocycles. The van der Waals surface area contributed by atoms with Gasteiger partial charge in [0.25, 0.3) is 0 Å². The molecule has 2 atom stereocenters. The Morgan fingerprint density at radius 1 is 1.38 bits per heavy atom. The van der Waals surface area contributed by atoms with Gasteiger partial charge < -0.3 is 20.0 Å². The fourth-order valence-electron chi connectivity index (χ4n) is 3.20. The topological polar surface area (TPSA) is 63.1 Å². The molecule has 1 spiro atoms. The van der Waals surface area contributed by atoms with Crippen molar-refractivity contribution in [2.45, 2.75) is 37.5 Å². The van der Waals surface area contributed by atoms with Crippen LogP contribution in [-0.2, 0) is 9.47 Å². The van der Waals surface area contributed by atoms with E-state index in [0.29, 0.717) is 19.3 Å². The predicted molar refractivity (Wildman–Crippen MR) is 57.6 cm³/mol. The van der Waals surface area contributed by atoms with Gasteiger partial charge in [-0.1, -0.05) is 5.16 Å².